The maximum absolute atomic E-state index is 11.5. The van der Waals surface area contributed by atoms with Crippen molar-refractivity contribution in [2.45, 2.75) is 32.4 Å². The summed E-state index contributed by atoms with van der Waals surface area (Å²) in [4.78, 5) is 17.8. The van der Waals surface area contributed by atoms with Crippen LogP contribution in [0.4, 0.5) is 0 Å². The summed E-state index contributed by atoms with van der Waals surface area (Å²) in [6, 6.07) is 1.26. The van der Waals surface area contributed by atoms with E-state index < -0.39 is 12.0 Å². The van der Waals surface area contributed by atoms with Crippen molar-refractivity contribution in [3.05, 3.63) is 18.0 Å². The van der Waals surface area contributed by atoms with E-state index in [1.54, 1.807) is 26.5 Å². The van der Waals surface area contributed by atoms with E-state index in [9.17, 15) is 9.90 Å². The standard InChI is InChI=1S/C15H22N2O4/c1-10-5-4-8-17(13(10)15(18)19)9-11-14(21-3)12(20-2)6-7-16-11/h6-7,10,13H,4-5,8-9H2,1-3H3,(H,18,19). The summed E-state index contributed by atoms with van der Waals surface area (Å²) in [5, 5.41) is 9.47. The van der Waals surface area contributed by atoms with Gasteiger partial charge in [-0.05, 0) is 25.3 Å². The normalized spacial score (nSPS) is 22.8. The Bertz CT molecular complexity index is 506. The van der Waals surface area contributed by atoms with Gasteiger partial charge >= 0.3 is 5.97 Å². The molecule has 0 aromatic carbocycles. The number of aromatic nitrogens is 1. The van der Waals surface area contributed by atoms with Crippen molar-refractivity contribution in [3.8, 4) is 11.5 Å². The highest BCUT2D eigenvalue weighted by molar-refractivity contribution is 5.74. The van der Waals surface area contributed by atoms with E-state index >= 15 is 0 Å². The molecule has 1 aliphatic heterocycles. The summed E-state index contributed by atoms with van der Waals surface area (Å²) in [5.74, 6) is 0.540. The van der Waals surface area contributed by atoms with Crippen LogP contribution in [-0.4, -0.2) is 47.8 Å². The first-order valence-corrected chi connectivity index (χ1v) is 7.11. The highest BCUT2D eigenvalue weighted by Gasteiger charge is 2.34. The van der Waals surface area contributed by atoms with Gasteiger partial charge < -0.3 is 14.6 Å². The molecule has 1 fully saturated rings. The fraction of sp³-hybridized carbons (Fsp3) is 0.600. The summed E-state index contributed by atoms with van der Waals surface area (Å²) in [6.07, 6.45) is 3.59. The number of carbonyl (C=O) groups is 1. The molecule has 1 aromatic heterocycles. The second kappa shape index (κ2) is 6.76. The molecule has 0 aliphatic carbocycles. The van der Waals surface area contributed by atoms with E-state index in [1.165, 1.54) is 0 Å². The van der Waals surface area contributed by atoms with Crippen LogP contribution in [0.15, 0.2) is 12.3 Å². The minimum atomic E-state index is -0.774. The van der Waals surface area contributed by atoms with Gasteiger partial charge in [-0.1, -0.05) is 6.92 Å². The van der Waals surface area contributed by atoms with Gasteiger partial charge in [0.25, 0.3) is 0 Å². The van der Waals surface area contributed by atoms with Crippen LogP contribution in [0.5, 0.6) is 11.5 Å². The summed E-state index contributed by atoms with van der Waals surface area (Å²) < 4.78 is 10.6. The number of methoxy groups -OCH3 is 2. The highest BCUT2D eigenvalue weighted by atomic mass is 16.5. The summed E-state index contributed by atoms with van der Waals surface area (Å²) in [6.45, 7) is 3.19. The van der Waals surface area contributed by atoms with Crippen LogP contribution >= 0.6 is 0 Å². The average molecular weight is 294 g/mol. The van der Waals surface area contributed by atoms with Gasteiger partial charge in [0, 0.05) is 18.8 Å². The zero-order chi connectivity index (χ0) is 15.4. The molecule has 116 valence electrons. The molecule has 2 atom stereocenters. The largest absolute Gasteiger partial charge is 0.493 e. The van der Waals surface area contributed by atoms with Gasteiger partial charge in [0.05, 0.1) is 14.2 Å². The molecule has 2 rings (SSSR count). The van der Waals surface area contributed by atoms with Gasteiger partial charge in [0.15, 0.2) is 11.5 Å². The first kappa shape index (κ1) is 15.6. The fourth-order valence-electron chi connectivity index (χ4n) is 3.01. The van der Waals surface area contributed by atoms with Crippen molar-refractivity contribution in [1.82, 2.24) is 9.88 Å². The second-order valence-corrected chi connectivity index (χ2v) is 5.37. The molecule has 2 heterocycles. The highest BCUT2D eigenvalue weighted by Crippen LogP contribution is 2.32. The van der Waals surface area contributed by atoms with Crippen molar-refractivity contribution in [1.29, 1.82) is 0 Å². The van der Waals surface area contributed by atoms with Crippen molar-refractivity contribution in [3.63, 3.8) is 0 Å². The van der Waals surface area contributed by atoms with Crippen molar-refractivity contribution >= 4 is 5.97 Å². The molecule has 1 N–H and O–H groups in total. The number of likely N-dealkylation sites (tertiary alicyclic amines) is 1. The Balaban J connectivity index is 2.25. The molecular weight excluding hydrogens is 272 g/mol. The van der Waals surface area contributed by atoms with Crippen LogP contribution in [0.25, 0.3) is 0 Å². The van der Waals surface area contributed by atoms with Crippen LogP contribution in [0.2, 0.25) is 0 Å². The van der Waals surface area contributed by atoms with Crippen molar-refractivity contribution in [2.24, 2.45) is 5.92 Å². The lowest BCUT2D eigenvalue weighted by Crippen LogP contribution is -2.48. The van der Waals surface area contributed by atoms with Gasteiger partial charge in [-0.25, -0.2) is 0 Å². The lowest BCUT2D eigenvalue weighted by Gasteiger charge is -2.37. The monoisotopic (exact) mass is 294 g/mol. The lowest BCUT2D eigenvalue weighted by molar-refractivity contribution is -0.147. The molecule has 0 amide bonds. The SMILES string of the molecule is COc1ccnc(CN2CCCC(C)C2C(=O)O)c1OC. The smallest absolute Gasteiger partial charge is 0.321 e. The number of rotatable bonds is 5. The molecule has 2 unspecified atom stereocenters. The van der Waals surface area contributed by atoms with E-state index in [-0.39, 0.29) is 5.92 Å². The first-order valence-electron chi connectivity index (χ1n) is 7.11. The number of ether oxygens (including phenoxy) is 2. The summed E-state index contributed by atoms with van der Waals surface area (Å²) >= 11 is 0. The van der Waals surface area contributed by atoms with Gasteiger partial charge in [-0.2, -0.15) is 0 Å². The zero-order valence-corrected chi connectivity index (χ0v) is 12.7. The topological polar surface area (TPSA) is 71.9 Å². The molecule has 0 bridgehead atoms. The van der Waals surface area contributed by atoms with Crippen LogP contribution in [0.1, 0.15) is 25.5 Å². The summed E-state index contributed by atoms with van der Waals surface area (Å²) in [7, 11) is 3.14. The maximum Gasteiger partial charge on any atom is 0.321 e. The van der Waals surface area contributed by atoms with Crippen LogP contribution in [-0.2, 0) is 11.3 Å². The Morgan fingerprint density at radius 3 is 2.86 bits per heavy atom. The Kier molecular flexibility index (Phi) is 5.01. The number of hydrogen-bond acceptors (Lipinski definition) is 5. The van der Waals surface area contributed by atoms with Crippen LogP contribution < -0.4 is 9.47 Å². The van der Waals surface area contributed by atoms with Gasteiger partial charge in [0.2, 0.25) is 0 Å². The van der Waals surface area contributed by atoms with E-state index in [0.29, 0.717) is 23.7 Å². The molecule has 1 saturated heterocycles. The molecule has 21 heavy (non-hydrogen) atoms. The molecule has 1 aromatic rings. The third-order valence-electron chi connectivity index (χ3n) is 4.01. The Morgan fingerprint density at radius 2 is 2.24 bits per heavy atom. The predicted octanol–water partition coefficient (Wildman–Crippen LogP) is 1.78. The van der Waals surface area contributed by atoms with Crippen LogP contribution in [0.3, 0.4) is 0 Å². The average Bonchev–Trinajstić information content (AvgIpc) is 2.46. The van der Waals surface area contributed by atoms with E-state index in [2.05, 4.69) is 4.98 Å². The molecule has 0 spiro atoms. The molecule has 1 aliphatic rings. The zero-order valence-electron chi connectivity index (χ0n) is 12.7. The predicted molar refractivity (Wildman–Crippen MR) is 77.6 cm³/mol. The molecule has 0 radical (unpaired) electrons. The lowest BCUT2D eigenvalue weighted by atomic mass is 9.90. The number of carboxylic acids is 1. The number of aliphatic carboxylic acids is 1. The number of hydrogen-bond donors (Lipinski definition) is 1. The number of pyridine rings is 1. The van der Waals surface area contributed by atoms with Gasteiger partial charge in [-0.3, -0.25) is 14.7 Å². The number of piperidine rings is 1. The number of nitrogens with zero attached hydrogens (tertiary/aromatic N) is 2. The van der Waals surface area contributed by atoms with E-state index in [1.807, 2.05) is 11.8 Å². The maximum atomic E-state index is 11.5. The molecular formula is C15H22N2O4. The molecule has 6 nitrogen and oxygen atoms in total. The summed E-state index contributed by atoms with van der Waals surface area (Å²) in [5.41, 5.74) is 0.706. The fourth-order valence-corrected chi connectivity index (χ4v) is 3.01. The van der Waals surface area contributed by atoms with E-state index in [0.717, 1.165) is 19.4 Å². The van der Waals surface area contributed by atoms with Gasteiger partial charge in [0.1, 0.15) is 11.7 Å². The van der Waals surface area contributed by atoms with E-state index in [4.69, 9.17) is 9.47 Å². The Labute approximate surface area is 124 Å². The molecule has 6 heteroatoms. The quantitative estimate of drug-likeness (QED) is 0.892. The Hall–Kier alpha value is -1.82. The van der Waals surface area contributed by atoms with Crippen LogP contribution in [0, 0.1) is 5.92 Å². The number of carboxylic acid groups (broad SMARTS) is 1. The minimum absolute atomic E-state index is 0.132. The first-order chi connectivity index (χ1) is 10.1. The second-order valence-electron chi connectivity index (χ2n) is 5.37. The third-order valence-corrected chi connectivity index (χ3v) is 4.01. The van der Waals surface area contributed by atoms with Crippen molar-refractivity contribution < 1.29 is 19.4 Å². The molecule has 0 saturated carbocycles. The third kappa shape index (κ3) is 3.26. The minimum Gasteiger partial charge on any atom is -0.493 e. The Morgan fingerprint density at radius 1 is 1.48 bits per heavy atom. The van der Waals surface area contributed by atoms with Crippen molar-refractivity contribution in [2.75, 3.05) is 20.8 Å². The van der Waals surface area contributed by atoms with Gasteiger partial charge in [-0.15, -0.1) is 0 Å².